The highest BCUT2D eigenvalue weighted by Gasteiger charge is 2.16. The zero-order valence-corrected chi connectivity index (χ0v) is 11.6. The number of para-hydroxylation sites is 1. The zero-order chi connectivity index (χ0) is 13.1. The summed E-state index contributed by atoms with van der Waals surface area (Å²) in [6.45, 7) is 4.48. The number of benzene rings is 1. The summed E-state index contributed by atoms with van der Waals surface area (Å²) in [5.41, 5.74) is 2.28. The zero-order valence-electron chi connectivity index (χ0n) is 11.6. The summed E-state index contributed by atoms with van der Waals surface area (Å²) in [4.78, 5) is 2.41. The number of hydrogen-bond acceptors (Lipinski definition) is 3. The molecule has 1 aromatic heterocycles. The Balaban J connectivity index is 1.63. The number of hydrogen-bond donors (Lipinski definition) is 1. The maximum atomic E-state index is 5.60. The van der Waals surface area contributed by atoms with E-state index in [0.717, 1.165) is 31.1 Å². The Labute approximate surface area is 114 Å². The molecule has 3 rings (SSSR count). The largest absolute Gasteiger partial charge is 0.464 e. The molecule has 1 saturated heterocycles. The Kier molecular flexibility index (Phi) is 3.85. The van der Waals surface area contributed by atoms with E-state index in [-0.39, 0.29) is 0 Å². The summed E-state index contributed by atoms with van der Waals surface area (Å²) >= 11 is 0. The van der Waals surface area contributed by atoms with Gasteiger partial charge in [0.1, 0.15) is 5.58 Å². The van der Waals surface area contributed by atoms with Gasteiger partial charge < -0.3 is 14.6 Å². The van der Waals surface area contributed by atoms with Crippen molar-refractivity contribution in [3.63, 3.8) is 0 Å². The van der Waals surface area contributed by atoms with Gasteiger partial charge in [-0.05, 0) is 45.0 Å². The van der Waals surface area contributed by atoms with E-state index in [1.807, 2.05) is 18.4 Å². The third kappa shape index (κ3) is 2.99. The number of nitrogens with one attached hydrogen (secondary N) is 1. The molecular weight excluding hydrogens is 236 g/mol. The van der Waals surface area contributed by atoms with Crippen LogP contribution in [-0.4, -0.2) is 31.6 Å². The molecule has 1 N–H and O–H groups in total. The monoisotopic (exact) mass is 258 g/mol. The van der Waals surface area contributed by atoms with Crippen molar-refractivity contribution in [2.45, 2.75) is 19.4 Å². The molecule has 102 valence electrons. The minimum absolute atomic E-state index is 0.789. The quantitative estimate of drug-likeness (QED) is 0.914. The molecule has 1 unspecified atom stereocenters. The van der Waals surface area contributed by atoms with Crippen molar-refractivity contribution >= 4 is 11.0 Å². The number of fused-ring (bicyclic) bond motifs is 1. The van der Waals surface area contributed by atoms with Gasteiger partial charge in [0.2, 0.25) is 0 Å². The Bertz CT molecular complexity index is 528. The molecule has 0 bridgehead atoms. The van der Waals surface area contributed by atoms with E-state index in [0.29, 0.717) is 0 Å². The highest BCUT2D eigenvalue weighted by atomic mass is 16.3. The Morgan fingerprint density at radius 2 is 2.26 bits per heavy atom. The van der Waals surface area contributed by atoms with E-state index in [2.05, 4.69) is 29.4 Å². The summed E-state index contributed by atoms with van der Waals surface area (Å²) < 4.78 is 5.60. The van der Waals surface area contributed by atoms with E-state index in [1.54, 1.807) is 0 Å². The fraction of sp³-hybridized carbons (Fsp3) is 0.500. The van der Waals surface area contributed by atoms with Crippen molar-refractivity contribution in [3.8, 4) is 0 Å². The number of nitrogens with zero attached hydrogens (tertiary/aromatic N) is 1. The summed E-state index contributed by atoms with van der Waals surface area (Å²) in [6.07, 6.45) is 4.57. The van der Waals surface area contributed by atoms with Gasteiger partial charge in [0, 0.05) is 24.0 Å². The SMILES string of the molecule is CN(Cc1coc2ccccc12)CC1CCCNC1. The van der Waals surface area contributed by atoms with Crippen LogP contribution < -0.4 is 5.32 Å². The molecule has 3 heteroatoms. The standard InChI is InChI=1S/C16H22N2O/c1-18(10-13-5-4-8-17-9-13)11-14-12-19-16-7-3-2-6-15(14)16/h2-3,6-7,12-13,17H,4-5,8-11H2,1H3. The molecule has 0 amide bonds. The van der Waals surface area contributed by atoms with Crippen LogP contribution in [0.15, 0.2) is 34.9 Å². The Hall–Kier alpha value is -1.32. The molecule has 19 heavy (non-hydrogen) atoms. The van der Waals surface area contributed by atoms with Crippen LogP contribution in [0.2, 0.25) is 0 Å². The second-order valence-corrected chi connectivity index (χ2v) is 5.67. The molecule has 0 aliphatic carbocycles. The molecule has 1 atom stereocenters. The lowest BCUT2D eigenvalue weighted by Crippen LogP contribution is -2.36. The second-order valence-electron chi connectivity index (χ2n) is 5.67. The van der Waals surface area contributed by atoms with Crippen LogP contribution in [0.3, 0.4) is 0 Å². The van der Waals surface area contributed by atoms with Crippen LogP contribution in [0.1, 0.15) is 18.4 Å². The van der Waals surface area contributed by atoms with Crippen molar-refractivity contribution in [2.75, 3.05) is 26.7 Å². The predicted molar refractivity (Wildman–Crippen MR) is 78.1 cm³/mol. The fourth-order valence-corrected chi connectivity index (χ4v) is 3.03. The molecule has 1 aliphatic rings. The van der Waals surface area contributed by atoms with Gasteiger partial charge in [0.05, 0.1) is 6.26 Å². The third-order valence-corrected chi connectivity index (χ3v) is 3.97. The van der Waals surface area contributed by atoms with Crippen LogP contribution in [0.5, 0.6) is 0 Å². The molecule has 0 saturated carbocycles. The van der Waals surface area contributed by atoms with E-state index in [9.17, 15) is 0 Å². The van der Waals surface area contributed by atoms with Crippen molar-refractivity contribution in [2.24, 2.45) is 5.92 Å². The lowest BCUT2D eigenvalue weighted by Gasteiger charge is -2.27. The second kappa shape index (κ2) is 5.76. The average Bonchev–Trinajstić information content (AvgIpc) is 2.83. The van der Waals surface area contributed by atoms with E-state index < -0.39 is 0 Å². The average molecular weight is 258 g/mol. The van der Waals surface area contributed by atoms with Gasteiger partial charge in [-0.2, -0.15) is 0 Å². The van der Waals surface area contributed by atoms with Gasteiger partial charge in [0.25, 0.3) is 0 Å². The minimum atomic E-state index is 0.789. The summed E-state index contributed by atoms with van der Waals surface area (Å²) in [7, 11) is 2.20. The highest BCUT2D eigenvalue weighted by Crippen LogP contribution is 2.22. The molecule has 1 aromatic carbocycles. The molecule has 1 fully saturated rings. The first-order valence-corrected chi connectivity index (χ1v) is 7.17. The van der Waals surface area contributed by atoms with Crippen LogP contribution in [0.4, 0.5) is 0 Å². The maximum absolute atomic E-state index is 5.60. The van der Waals surface area contributed by atoms with Gasteiger partial charge in [-0.15, -0.1) is 0 Å². The molecule has 3 nitrogen and oxygen atoms in total. The van der Waals surface area contributed by atoms with Crippen LogP contribution >= 0.6 is 0 Å². The van der Waals surface area contributed by atoms with Crippen molar-refractivity contribution in [1.82, 2.24) is 10.2 Å². The maximum Gasteiger partial charge on any atom is 0.134 e. The predicted octanol–water partition coefficient (Wildman–Crippen LogP) is 2.86. The molecule has 2 aromatic rings. The minimum Gasteiger partial charge on any atom is -0.464 e. The first-order valence-electron chi connectivity index (χ1n) is 7.17. The number of rotatable bonds is 4. The summed E-state index contributed by atoms with van der Waals surface area (Å²) in [5.74, 6) is 0.789. The van der Waals surface area contributed by atoms with E-state index in [4.69, 9.17) is 4.42 Å². The lowest BCUT2D eigenvalue weighted by molar-refractivity contribution is 0.237. The van der Waals surface area contributed by atoms with Crippen LogP contribution in [0.25, 0.3) is 11.0 Å². The van der Waals surface area contributed by atoms with Crippen LogP contribution in [0, 0.1) is 5.92 Å². The molecular formula is C16H22N2O. The smallest absolute Gasteiger partial charge is 0.134 e. The summed E-state index contributed by atoms with van der Waals surface area (Å²) in [5, 5.41) is 4.73. The molecule has 0 radical (unpaired) electrons. The fourth-order valence-electron chi connectivity index (χ4n) is 3.03. The van der Waals surface area contributed by atoms with Crippen molar-refractivity contribution in [1.29, 1.82) is 0 Å². The Morgan fingerprint density at radius 1 is 1.37 bits per heavy atom. The molecule has 2 heterocycles. The molecule has 0 spiro atoms. The van der Waals surface area contributed by atoms with E-state index in [1.165, 1.54) is 30.3 Å². The normalized spacial score (nSPS) is 20.2. The summed E-state index contributed by atoms with van der Waals surface area (Å²) in [6, 6.07) is 8.27. The first-order chi connectivity index (χ1) is 9.33. The van der Waals surface area contributed by atoms with Crippen molar-refractivity contribution in [3.05, 3.63) is 36.1 Å². The topological polar surface area (TPSA) is 28.4 Å². The number of piperidine rings is 1. The first kappa shape index (κ1) is 12.7. The molecule has 1 aliphatic heterocycles. The van der Waals surface area contributed by atoms with Gasteiger partial charge in [-0.1, -0.05) is 18.2 Å². The van der Waals surface area contributed by atoms with E-state index >= 15 is 0 Å². The highest BCUT2D eigenvalue weighted by molar-refractivity contribution is 5.80. The van der Waals surface area contributed by atoms with Gasteiger partial charge >= 0.3 is 0 Å². The van der Waals surface area contributed by atoms with Gasteiger partial charge in [0.15, 0.2) is 0 Å². The van der Waals surface area contributed by atoms with Gasteiger partial charge in [-0.3, -0.25) is 0 Å². The van der Waals surface area contributed by atoms with Gasteiger partial charge in [-0.25, -0.2) is 0 Å². The number of furan rings is 1. The Morgan fingerprint density at radius 3 is 3.11 bits per heavy atom. The van der Waals surface area contributed by atoms with Crippen LogP contribution in [-0.2, 0) is 6.54 Å². The third-order valence-electron chi connectivity index (χ3n) is 3.97. The lowest BCUT2D eigenvalue weighted by atomic mass is 9.99. The van der Waals surface area contributed by atoms with Crippen molar-refractivity contribution < 1.29 is 4.42 Å².